The fraction of sp³-hybridized carbons (Fsp3) is 0.412. The number of hydrogen-bond acceptors (Lipinski definition) is 5. The topological polar surface area (TPSA) is 84.4 Å². The summed E-state index contributed by atoms with van der Waals surface area (Å²) in [6.07, 6.45) is 6.96. The lowest BCUT2D eigenvalue weighted by atomic mass is 10.1. The summed E-state index contributed by atoms with van der Waals surface area (Å²) >= 11 is 0. The molecule has 0 spiro atoms. The molecular formula is C17H22N4O2. The summed E-state index contributed by atoms with van der Waals surface area (Å²) in [5.41, 5.74) is 7.01. The molecule has 1 fully saturated rings. The van der Waals surface area contributed by atoms with Crippen molar-refractivity contribution in [1.82, 2.24) is 10.3 Å². The van der Waals surface area contributed by atoms with Crippen molar-refractivity contribution >= 4 is 11.7 Å². The normalized spacial score (nSPS) is 14.7. The van der Waals surface area contributed by atoms with E-state index in [1.807, 2.05) is 12.1 Å². The van der Waals surface area contributed by atoms with Crippen LogP contribution in [0.2, 0.25) is 0 Å². The van der Waals surface area contributed by atoms with Crippen LogP contribution in [-0.2, 0) is 13.1 Å². The van der Waals surface area contributed by atoms with E-state index < -0.39 is 0 Å². The molecule has 1 aliphatic rings. The summed E-state index contributed by atoms with van der Waals surface area (Å²) in [5.74, 6) is 1.43. The SMILES string of the molecule is NCc1cc(C(=O)NCc2ccnc(N3CCCCC3)c2)co1. The van der Waals surface area contributed by atoms with Crippen LogP contribution in [-0.4, -0.2) is 24.0 Å². The third kappa shape index (κ3) is 3.90. The van der Waals surface area contributed by atoms with Crippen LogP contribution in [0.3, 0.4) is 0 Å². The maximum absolute atomic E-state index is 12.1. The molecule has 0 bridgehead atoms. The summed E-state index contributed by atoms with van der Waals surface area (Å²) in [5, 5.41) is 2.90. The molecule has 0 aromatic carbocycles. The van der Waals surface area contributed by atoms with Crippen LogP contribution < -0.4 is 16.0 Å². The number of piperidine rings is 1. The molecule has 2 aromatic heterocycles. The Kier molecular flexibility index (Phi) is 4.92. The van der Waals surface area contributed by atoms with Crippen LogP contribution in [0, 0.1) is 0 Å². The van der Waals surface area contributed by atoms with Crippen molar-refractivity contribution in [3.63, 3.8) is 0 Å². The molecule has 1 amide bonds. The lowest BCUT2D eigenvalue weighted by Gasteiger charge is -2.27. The van der Waals surface area contributed by atoms with Crippen molar-refractivity contribution in [3.8, 4) is 0 Å². The molecule has 6 heteroatoms. The number of aromatic nitrogens is 1. The van der Waals surface area contributed by atoms with Crippen molar-refractivity contribution in [2.75, 3.05) is 18.0 Å². The zero-order valence-electron chi connectivity index (χ0n) is 13.1. The second-order valence-corrected chi connectivity index (χ2v) is 5.76. The average Bonchev–Trinajstić information content (AvgIpc) is 3.10. The maximum atomic E-state index is 12.1. The number of hydrogen-bond donors (Lipinski definition) is 2. The molecule has 1 aliphatic heterocycles. The van der Waals surface area contributed by atoms with Crippen LogP contribution in [0.15, 0.2) is 35.1 Å². The van der Waals surface area contributed by atoms with Crippen molar-refractivity contribution in [2.45, 2.75) is 32.4 Å². The highest BCUT2D eigenvalue weighted by molar-refractivity contribution is 5.93. The zero-order chi connectivity index (χ0) is 16.1. The molecule has 1 saturated heterocycles. The lowest BCUT2D eigenvalue weighted by Crippen LogP contribution is -2.30. The van der Waals surface area contributed by atoms with Crippen molar-refractivity contribution in [1.29, 1.82) is 0 Å². The molecule has 6 nitrogen and oxygen atoms in total. The van der Waals surface area contributed by atoms with E-state index in [9.17, 15) is 4.79 Å². The summed E-state index contributed by atoms with van der Waals surface area (Å²) < 4.78 is 5.18. The molecule has 23 heavy (non-hydrogen) atoms. The van der Waals surface area contributed by atoms with Crippen LogP contribution in [0.1, 0.15) is 40.9 Å². The van der Waals surface area contributed by atoms with E-state index in [0.717, 1.165) is 24.5 Å². The molecular weight excluding hydrogens is 292 g/mol. The third-order valence-electron chi connectivity index (χ3n) is 4.06. The molecule has 0 radical (unpaired) electrons. The number of nitrogens with one attached hydrogen (secondary N) is 1. The maximum Gasteiger partial charge on any atom is 0.254 e. The number of carbonyl (C=O) groups excluding carboxylic acids is 1. The van der Waals surface area contributed by atoms with Gasteiger partial charge in [-0.15, -0.1) is 0 Å². The highest BCUT2D eigenvalue weighted by Gasteiger charge is 2.13. The average molecular weight is 314 g/mol. The number of carbonyl (C=O) groups is 1. The standard InChI is InChI=1S/C17H22N4O2/c18-10-15-9-14(12-23-15)17(22)20-11-13-4-5-19-16(8-13)21-6-2-1-3-7-21/h4-5,8-9,12H,1-3,6-7,10-11,18H2,(H,20,22). The van der Waals surface area contributed by atoms with Gasteiger partial charge in [0.2, 0.25) is 0 Å². The van der Waals surface area contributed by atoms with Crippen molar-refractivity contribution < 1.29 is 9.21 Å². The van der Waals surface area contributed by atoms with Gasteiger partial charge in [0.05, 0.1) is 12.1 Å². The number of amides is 1. The smallest absolute Gasteiger partial charge is 0.254 e. The van der Waals surface area contributed by atoms with Crippen LogP contribution >= 0.6 is 0 Å². The minimum atomic E-state index is -0.162. The molecule has 3 rings (SSSR count). The number of furan rings is 1. The fourth-order valence-electron chi connectivity index (χ4n) is 2.76. The van der Waals surface area contributed by atoms with E-state index in [1.54, 1.807) is 12.3 Å². The quantitative estimate of drug-likeness (QED) is 0.882. The van der Waals surface area contributed by atoms with Gasteiger partial charge in [0.15, 0.2) is 0 Å². The van der Waals surface area contributed by atoms with E-state index in [2.05, 4.69) is 15.2 Å². The Morgan fingerprint density at radius 1 is 1.30 bits per heavy atom. The predicted molar refractivity (Wildman–Crippen MR) is 88.1 cm³/mol. The molecule has 0 atom stereocenters. The minimum absolute atomic E-state index is 0.162. The molecule has 2 aromatic rings. The van der Waals surface area contributed by atoms with Gasteiger partial charge in [-0.25, -0.2) is 4.98 Å². The predicted octanol–water partition coefficient (Wildman–Crippen LogP) is 2.05. The summed E-state index contributed by atoms with van der Waals surface area (Å²) in [6, 6.07) is 5.64. The molecule has 0 aliphatic carbocycles. The Labute approximate surface area is 135 Å². The molecule has 122 valence electrons. The summed E-state index contributed by atoms with van der Waals surface area (Å²) in [7, 11) is 0. The Morgan fingerprint density at radius 2 is 2.13 bits per heavy atom. The largest absolute Gasteiger partial charge is 0.467 e. The van der Waals surface area contributed by atoms with Crippen molar-refractivity contribution in [2.24, 2.45) is 5.73 Å². The Morgan fingerprint density at radius 3 is 2.87 bits per heavy atom. The summed E-state index contributed by atoms with van der Waals surface area (Å²) in [4.78, 5) is 18.8. The van der Waals surface area contributed by atoms with E-state index in [1.165, 1.54) is 25.5 Å². The Balaban J connectivity index is 1.60. The van der Waals surface area contributed by atoms with Gasteiger partial charge in [0, 0.05) is 25.8 Å². The van der Waals surface area contributed by atoms with Gasteiger partial charge in [0.1, 0.15) is 17.8 Å². The monoisotopic (exact) mass is 314 g/mol. The number of nitrogens with two attached hydrogens (primary N) is 1. The van der Waals surface area contributed by atoms with E-state index in [0.29, 0.717) is 17.9 Å². The van der Waals surface area contributed by atoms with Gasteiger partial charge in [-0.1, -0.05) is 0 Å². The van der Waals surface area contributed by atoms with Gasteiger partial charge in [0.25, 0.3) is 5.91 Å². The first-order valence-corrected chi connectivity index (χ1v) is 8.02. The first-order chi connectivity index (χ1) is 11.3. The van der Waals surface area contributed by atoms with E-state index in [4.69, 9.17) is 10.2 Å². The van der Waals surface area contributed by atoms with Crippen LogP contribution in [0.5, 0.6) is 0 Å². The summed E-state index contributed by atoms with van der Waals surface area (Å²) in [6.45, 7) is 2.86. The van der Waals surface area contributed by atoms with Gasteiger partial charge in [-0.3, -0.25) is 4.79 Å². The second kappa shape index (κ2) is 7.28. The minimum Gasteiger partial charge on any atom is -0.467 e. The first kappa shape index (κ1) is 15.6. The van der Waals surface area contributed by atoms with E-state index in [-0.39, 0.29) is 12.5 Å². The highest BCUT2D eigenvalue weighted by Crippen LogP contribution is 2.18. The highest BCUT2D eigenvalue weighted by atomic mass is 16.3. The first-order valence-electron chi connectivity index (χ1n) is 8.02. The third-order valence-corrected chi connectivity index (χ3v) is 4.06. The molecule has 0 saturated carbocycles. The number of pyridine rings is 1. The van der Waals surface area contributed by atoms with Gasteiger partial charge in [-0.2, -0.15) is 0 Å². The second-order valence-electron chi connectivity index (χ2n) is 5.76. The Hall–Kier alpha value is -2.34. The number of rotatable bonds is 5. The fourth-order valence-corrected chi connectivity index (χ4v) is 2.76. The lowest BCUT2D eigenvalue weighted by molar-refractivity contribution is 0.0950. The molecule has 3 heterocycles. The van der Waals surface area contributed by atoms with Crippen LogP contribution in [0.4, 0.5) is 5.82 Å². The van der Waals surface area contributed by atoms with Gasteiger partial charge < -0.3 is 20.4 Å². The zero-order valence-corrected chi connectivity index (χ0v) is 13.1. The van der Waals surface area contributed by atoms with Gasteiger partial charge >= 0.3 is 0 Å². The number of nitrogens with zero attached hydrogens (tertiary/aromatic N) is 2. The Bertz CT molecular complexity index is 662. The van der Waals surface area contributed by atoms with Gasteiger partial charge in [-0.05, 0) is 43.0 Å². The van der Waals surface area contributed by atoms with Crippen molar-refractivity contribution in [3.05, 3.63) is 47.5 Å². The molecule has 0 unspecified atom stereocenters. The number of anilines is 1. The van der Waals surface area contributed by atoms with Crippen LogP contribution in [0.25, 0.3) is 0 Å². The molecule has 3 N–H and O–H groups in total. The van der Waals surface area contributed by atoms with E-state index >= 15 is 0 Å².